The molecule has 0 bridgehead atoms. The van der Waals surface area contributed by atoms with Crippen molar-refractivity contribution in [3.05, 3.63) is 24.3 Å². The number of alkyl halides is 2. The van der Waals surface area contributed by atoms with E-state index in [0.717, 1.165) is 0 Å². The normalized spacial score (nSPS) is 33.7. The van der Waals surface area contributed by atoms with Crippen LogP contribution in [0.4, 0.5) is 8.78 Å². The van der Waals surface area contributed by atoms with Crippen molar-refractivity contribution in [1.29, 1.82) is 0 Å². The standard InChI is InChI=1S/C11H14F2O/c1-14-9-5-3-2-4-8(9)11(6-7-11)10(12)13/h2-5,8-10H,6-7H2,1H3. The smallest absolute Gasteiger partial charge is 0.244 e. The zero-order chi connectivity index (χ0) is 10.2. The van der Waals surface area contributed by atoms with E-state index >= 15 is 0 Å². The largest absolute Gasteiger partial charge is 0.377 e. The number of ether oxygens (including phenoxy) is 1. The summed E-state index contributed by atoms with van der Waals surface area (Å²) >= 11 is 0. The Morgan fingerprint density at radius 1 is 1.29 bits per heavy atom. The zero-order valence-corrected chi connectivity index (χ0v) is 8.12. The molecule has 0 spiro atoms. The predicted octanol–water partition coefficient (Wildman–Crippen LogP) is 2.79. The van der Waals surface area contributed by atoms with E-state index in [0.29, 0.717) is 12.8 Å². The van der Waals surface area contributed by atoms with Gasteiger partial charge in [0.05, 0.1) is 6.10 Å². The molecule has 0 aromatic heterocycles. The van der Waals surface area contributed by atoms with Gasteiger partial charge in [-0.2, -0.15) is 0 Å². The number of rotatable bonds is 3. The number of methoxy groups -OCH3 is 1. The van der Waals surface area contributed by atoms with Gasteiger partial charge in [0.15, 0.2) is 0 Å². The highest BCUT2D eigenvalue weighted by Gasteiger charge is 2.57. The van der Waals surface area contributed by atoms with E-state index in [4.69, 9.17) is 4.74 Å². The van der Waals surface area contributed by atoms with Crippen molar-refractivity contribution in [3.8, 4) is 0 Å². The van der Waals surface area contributed by atoms with E-state index in [9.17, 15) is 8.78 Å². The molecule has 0 N–H and O–H groups in total. The quantitative estimate of drug-likeness (QED) is 0.680. The maximum absolute atomic E-state index is 12.9. The number of hydrogen-bond donors (Lipinski definition) is 0. The van der Waals surface area contributed by atoms with Crippen LogP contribution in [0.1, 0.15) is 12.8 Å². The molecular weight excluding hydrogens is 186 g/mol. The second-order valence-corrected chi connectivity index (χ2v) is 4.03. The summed E-state index contributed by atoms with van der Waals surface area (Å²) in [5, 5.41) is 0. The molecular formula is C11H14F2O. The lowest BCUT2D eigenvalue weighted by Gasteiger charge is -2.30. The Kier molecular flexibility index (Phi) is 2.43. The average molecular weight is 200 g/mol. The van der Waals surface area contributed by atoms with Gasteiger partial charge in [-0.1, -0.05) is 24.3 Å². The van der Waals surface area contributed by atoms with Gasteiger partial charge in [-0.25, -0.2) is 8.78 Å². The van der Waals surface area contributed by atoms with Crippen molar-refractivity contribution in [2.75, 3.05) is 7.11 Å². The molecule has 0 heterocycles. The second-order valence-electron chi connectivity index (χ2n) is 4.03. The fourth-order valence-corrected chi connectivity index (χ4v) is 2.17. The van der Waals surface area contributed by atoms with Gasteiger partial charge < -0.3 is 4.74 Å². The SMILES string of the molecule is COC1C=CC=CC1C1(C(F)F)CC1. The maximum atomic E-state index is 12.9. The summed E-state index contributed by atoms with van der Waals surface area (Å²) in [5.41, 5.74) is -0.804. The minimum atomic E-state index is -2.23. The predicted molar refractivity (Wildman–Crippen MR) is 50.2 cm³/mol. The van der Waals surface area contributed by atoms with Crippen molar-refractivity contribution in [2.45, 2.75) is 25.4 Å². The van der Waals surface area contributed by atoms with Crippen molar-refractivity contribution in [1.82, 2.24) is 0 Å². The molecule has 78 valence electrons. The molecule has 0 radical (unpaired) electrons. The van der Waals surface area contributed by atoms with E-state index < -0.39 is 11.8 Å². The van der Waals surface area contributed by atoms with Gasteiger partial charge in [0, 0.05) is 18.4 Å². The van der Waals surface area contributed by atoms with Crippen LogP contribution >= 0.6 is 0 Å². The molecule has 0 saturated heterocycles. The fourth-order valence-electron chi connectivity index (χ4n) is 2.17. The average Bonchev–Trinajstić information content (AvgIpc) is 2.98. The Balaban J connectivity index is 2.17. The third-order valence-electron chi connectivity index (χ3n) is 3.28. The van der Waals surface area contributed by atoms with E-state index in [1.807, 2.05) is 24.3 Å². The number of halogens is 2. The third kappa shape index (κ3) is 1.40. The minimum absolute atomic E-state index is 0.155. The topological polar surface area (TPSA) is 9.23 Å². The Hall–Kier alpha value is -0.700. The molecule has 2 atom stereocenters. The van der Waals surface area contributed by atoms with Crippen LogP contribution in [0.3, 0.4) is 0 Å². The summed E-state index contributed by atoms with van der Waals surface area (Å²) in [6.45, 7) is 0. The number of hydrogen-bond acceptors (Lipinski definition) is 1. The van der Waals surface area contributed by atoms with Crippen LogP contribution in [0, 0.1) is 11.3 Å². The van der Waals surface area contributed by atoms with Gasteiger partial charge in [-0.05, 0) is 12.8 Å². The van der Waals surface area contributed by atoms with Crippen molar-refractivity contribution < 1.29 is 13.5 Å². The maximum Gasteiger partial charge on any atom is 0.244 e. The van der Waals surface area contributed by atoms with Gasteiger partial charge in [0.1, 0.15) is 0 Å². The highest BCUT2D eigenvalue weighted by atomic mass is 19.3. The molecule has 2 unspecified atom stereocenters. The van der Waals surface area contributed by atoms with Crippen LogP contribution in [-0.2, 0) is 4.74 Å². The Morgan fingerprint density at radius 2 is 1.93 bits per heavy atom. The van der Waals surface area contributed by atoms with Crippen LogP contribution in [0.25, 0.3) is 0 Å². The number of allylic oxidation sites excluding steroid dienone is 2. The van der Waals surface area contributed by atoms with Gasteiger partial charge in [-0.15, -0.1) is 0 Å². The Labute approximate surface area is 82.4 Å². The van der Waals surface area contributed by atoms with Crippen molar-refractivity contribution in [3.63, 3.8) is 0 Å². The first-order valence-corrected chi connectivity index (χ1v) is 4.86. The first-order valence-electron chi connectivity index (χ1n) is 4.86. The van der Waals surface area contributed by atoms with E-state index in [1.165, 1.54) is 0 Å². The lowest BCUT2D eigenvalue weighted by molar-refractivity contribution is -0.00913. The molecule has 2 aliphatic carbocycles. The van der Waals surface area contributed by atoms with Gasteiger partial charge in [-0.3, -0.25) is 0 Å². The van der Waals surface area contributed by atoms with Crippen LogP contribution in [0.2, 0.25) is 0 Å². The van der Waals surface area contributed by atoms with Gasteiger partial charge >= 0.3 is 0 Å². The molecule has 0 aliphatic heterocycles. The molecule has 2 rings (SSSR count). The van der Waals surface area contributed by atoms with Gasteiger partial charge in [0.2, 0.25) is 6.43 Å². The Bertz CT molecular complexity index is 266. The van der Waals surface area contributed by atoms with Crippen molar-refractivity contribution >= 4 is 0 Å². The molecule has 1 saturated carbocycles. The lowest BCUT2D eigenvalue weighted by Crippen LogP contribution is -2.33. The van der Waals surface area contributed by atoms with E-state index in [1.54, 1.807) is 7.11 Å². The van der Waals surface area contributed by atoms with E-state index in [-0.39, 0.29) is 12.0 Å². The Morgan fingerprint density at radius 3 is 2.43 bits per heavy atom. The monoisotopic (exact) mass is 200 g/mol. The van der Waals surface area contributed by atoms with Crippen molar-refractivity contribution in [2.24, 2.45) is 11.3 Å². The zero-order valence-electron chi connectivity index (χ0n) is 8.12. The third-order valence-corrected chi connectivity index (χ3v) is 3.28. The van der Waals surface area contributed by atoms with Crippen LogP contribution in [-0.4, -0.2) is 19.6 Å². The molecule has 3 heteroatoms. The van der Waals surface area contributed by atoms with Crippen LogP contribution in [0.15, 0.2) is 24.3 Å². The first kappa shape index (κ1) is 9.84. The van der Waals surface area contributed by atoms with E-state index in [2.05, 4.69) is 0 Å². The first-order chi connectivity index (χ1) is 6.70. The summed E-state index contributed by atoms with van der Waals surface area (Å²) in [5.74, 6) is -0.155. The highest BCUT2D eigenvalue weighted by molar-refractivity contribution is 5.22. The molecule has 0 aromatic carbocycles. The summed E-state index contributed by atoms with van der Waals surface area (Å²) in [4.78, 5) is 0. The molecule has 0 aromatic rings. The molecule has 1 fully saturated rings. The summed E-state index contributed by atoms with van der Waals surface area (Å²) in [6, 6.07) is 0. The molecule has 14 heavy (non-hydrogen) atoms. The minimum Gasteiger partial charge on any atom is -0.377 e. The summed E-state index contributed by atoms with van der Waals surface area (Å²) in [6.07, 6.45) is 6.22. The van der Waals surface area contributed by atoms with Gasteiger partial charge in [0.25, 0.3) is 0 Å². The summed E-state index contributed by atoms with van der Waals surface area (Å²) in [7, 11) is 1.57. The fraction of sp³-hybridized carbons (Fsp3) is 0.636. The van der Waals surface area contributed by atoms with Crippen LogP contribution < -0.4 is 0 Å². The summed E-state index contributed by atoms with van der Waals surface area (Å²) < 4.78 is 30.9. The molecule has 2 aliphatic rings. The second kappa shape index (κ2) is 3.46. The molecule has 1 nitrogen and oxygen atoms in total. The lowest BCUT2D eigenvalue weighted by atomic mass is 9.82. The van der Waals surface area contributed by atoms with Crippen LogP contribution in [0.5, 0.6) is 0 Å². The highest BCUT2D eigenvalue weighted by Crippen LogP contribution is 2.58. The molecule has 0 amide bonds.